The molecule has 9 heteroatoms. The third-order valence-electron chi connectivity index (χ3n) is 6.12. The van der Waals surface area contributed by atoms with Crippen LogP contribution in [0, 0.1) is 5.82 Å². The second kappa shape index (κ2) is 7.83. The molecule has 0 N–H and O–H groups in total. The van der Waals surface area contributed by atoms with E-state index in [9.17, 15) is 14.0 Å². The minimum absolute atomic E-state index is 0.0879. The normalized spacial score (nSPS) is 17.2. The fraction of sp³-hybridized carbons (Fsp3) is 0.458. The predicted molar refractivity (Wildman–Crippen MR) is 125 cm³/mol. The Balaban J connectivity index is 1.28. The zero-order valence-corrected chi connectivity index (χ0v) is 20.0. The van der Waals surface area contributed by atoms with Crippen molar-refractivity contribution < 1.29 is 18.7 Å². The van der Waals surface area contributed by atoms with E-state index in [1.165, 1.54) is 22.3 Å². The molecule has 0 radical (unpaired) electrons. The third-order valence-corrected chi connectivity index (χ3v) is 7.45. The highest BCUT2D eigenvalue weighted by molar-refractivity contribution is 7.14. The third kappa shape index (κ3) is 4.10. The average molecular weight is 471 g/mol. The first-order valence-corrected chi connectivity index (χ1v) is 12.0. The number of fused-ring (bicyclic) bond motifs is 2. The van der Waals surface area contributed by atoms with Crippen LogP contribution in [0.4, 0.5) is 14.9 Å². The highest BCUT2D eigenvalue weighted by Crippen LogP contribution is 2.40. The molecule has 0 saturated carbocycles. The summed E-state index contributed by atoms with van der Waals surface area (Å²) in [6, 6.07) is 5.31. The van der Waals surface area contributed by atoms with Gasteiger partial charge in [0.15, 0.2) is 5.82 Å². The summed E-state index contributed by atoms with van der Waals surface area (Å²) in [5, 5.41) is 4.81. The van der Waals surface area contributed by atoms with Crippen LogP contribution in [0.2, 0.25) is 0 Å². The van der Waals surface area contributed by atoms with Crippen LogP contribution in [0.1, 0.15) is 59.6 Å². The van der Waals surface area contributed by atoms with E-state index in [0.29, 0.717) is 42.1 Å². The van der Waals surface area contributed by atoms with Crippen LogP contribution >= 0.6 is 11.3 Å². The van der Waals surface area contributed by atoms with Crippen molar-refractivity contribution in [3.8, 4) is 0 Å². The molecule has 2 aliphatic heterocycles. The average Bonchev–Trinajstić information content (AvgIpc) is 3.40. The number of likely N-dealkylation sites (tertiary alicyclic amines) is 1. The second-order valence-corrected chi connectivity index (χ2v) is 10.9. The molecule has 1 saturated heterocycles. The topological polar surface area (TPSA) is 67.7 Å². The van der Waals surface area contributed by atoms with Gasteiger partial charge < -0.3 is 14.5 Å². The maximum absolute atomic E-state index is 14.5. The van der Waals surface area contributed by atoms with Gasteiger partial charge in [0, 0.05) is 42.3 Å². The standard InChI is InChI=1S/C24H27FN4O3S/c1-24(2,3)32-23(31)28-7-5-14(6-8-28)19-10-16-13-29(22(30)21(16)33-19)17-9-15-12-27(4)26-20(15)18(25)11-17/h9-12,14H,5-8,13H2,1-4H3. The number of hydrogen-bond acceptors (Lipinski definition) is 5. The minimum atomic E-state index is -0.501. The Labute approximate surface area is 195 Å². The Bertz CT molecular complexity index is 1250. The molecule has 0 spiro atoms. The van der Waals surface area contributed by atoms with Crippen LogP contribution < -0.4 is 4.90 Å². The fourth-order valence-electron chi connectivity index (χ4n) is 4.55. The fourth-order valence-corrected chi connectivity index (χ4v) is 5.84. The molecule has 4 heterocycles. The van der Waals surface area contributed by atoms with Crippen molar-refractivity contribution in [2.75, 3.05) is 18.0 Å². The van der Waals surface area contributed by atoms with E-state index < -0.39 is 11.4 Å². The van der Waals surface area contributed by atoms with Gasteiger partial charge in [-0.3, -0.25) is 9.48 Å². The smallest absolute Gasteiger partial charge is 0.410 e. The van der Waals surface area contributed by atoms with E-state index in [-0.39, 0.29) is 12.0 Å². The van der Waals surface area contributed by atoms with Crippen molar-refractivity contribution in [2.24, 2.45) is 7.05 Å². The van der Waals surface area contributed by atoms with Crippen molar-refractivity contribution in [3.63, 3.8) is 0 Å². The first-order valence-electron chi connectivity index (χ1n) is 11.1. The molecule has 5 rings (SSSR count). The van der Waals surface area contributed by atoms with Gasteiger partial charge >= 0.3 is 6.09 Å². The Kier molecular flexibility index (Phi) is 5.19. The summed E-state index contributed by atoms with van der Waals surface area (Å²) < 4.78 is 21.6. The van der Waals surface area contributed by atoms with Gasteiger partial charge in [0.25, 0.3) is 5.91 Å². The molecule has 2 aromatic heterocycles. The molecule has 3 aromatic rings. The Hall–Kier alpha value is -2.94. The quantitative estimate of drug-likeness (QED) is 0.526. The van der Waals surface area contributed by atoms with E-state index in [2.05, 4.69) is 11.2 Å². The number of amides is 2. The first-order chi connectivity index (χ1) is 15.6. The van der Waals surface area contributed by atoms with Crippen molar-refractivity contribution in [1.82, 2.24) is 14.7 Å². The van der Waals surface area contributed by atoms with Crippen LogP contribution in [0.25, 0.3) is 10.9 Å². The van der Waals surface area contributed by atoms with Crippen LogP contribution in [-0.2, 0) is 18.3 Å². The number of nitrogens with zero attached hydrogens (tertiary/aromatic N) is 4. The molecule has 174 valence electrons. The highest BCUT2D eigenvalue weighted by Gasteiger charge is 2.34. The molecule has 2 amide bonds. The number of halogens is 1. The lowest BCUT2D eigenvalue weighted by Gasteiger charge is -2.33. The largest absolute Gasteiger partial charge is 0.444 e. The number of aromatic nitrogens is 2. The number of piperidine rings is 1. The molecule has 0 bridgehead atoms. The van der Waals surface area contributed by atoms with Gasteiger partial charge in [-0.1, -0.05) is 0 Å². The SMILES string of the molecule is Cn1cc2cc(N3Cc4cc(C5CCN(C(=O)OC(C)(C)C)CC5)sc4C3=O)cc(F)c2n1. The van der Waals surface area contributed by atoms with Gasteiger partial charge in [-0.15, -0.1) is 11.3 Å². The van der Waals surface area contributed by atoms with Gasteiger partial charge in [0.05, 0.1) is 11.4 Å². The van der Waals surface area contributed by atoms with E-state index in [0.717, 1.165) is 23.3 Å². The summed E-state index contributed by atoms with van der Waals surface area (Å²) in [5.74, 6) is -0.191. The Morgan fingerprint density at radius 3 is 2.61 bits per heavy atom. The lowest BCUT2D eigenvalue weighted by Crippen LogP contribution is -2.41. The summed E-state index contributed by atoms with van der Waals surface area (Å²) in [6.07, 6.45) is 3.18. The molecule has 2 aliphatic rings. The molecule has 1 aromatic carbocycles. The molecule has 0 unspecified atom stereocenters. The first kappa shape index (κ1) is 21.9. The monoisotopic (exact) mass is 470 g/mol. The number of aryl methyl sites for hydroxylation is 1. The minimum Gasteiger partial charge on any atom is -0.444 e. The van der Waals surface area contributed by atoms with Gasteiger partial charge in [-0.25, -0.2) is 9.18 Å². The summed E-state index contributed by atoms with van der Waals surface area (Å²) in [4.78, 5) is 30.8. The number of hydrogen-bond donors (Lipinski definition) is 0. The van der Waals surface area contributed by atoms with E-state index in [1.54, 1.807) is 27.7 Å². The zero-order chi connectivity index (χ0) is 23.5. The Morgan fingerprint density at radius 1 is 1.21 bits per heavy atom. The highest BCUT2D eigenvalue weighted by atomic mass is 32.1. The summed E-state index contributed by atoms with van der Waals surface area (Å²) in [7, 11) is 1.75. The second-order valence-electron chi connectivity index (χ2n) is 9.80. The van der Waals surface area contributed by atoms with Gasteiger partial charge in [0.2, 0.25) is 0 Å². The summed E-state index contributed by atoms with van der Waals surface area (Å²) in [6.45, 7) is 7.34. The number of benzene rings is 1. The lowest BCUT2D eigenvalue weighted by atomic mass is 9.95. The van der Waals surface area contributed by atoms with Gasteiger partial charge in [0.1, 0.15) is 11.1 Å². The number of rotatable bonds is 2. The zero-order valence-electron chi connectivity index (χ0n) is 19.2. The van der Waals surface area contributed by atoms with E-state index in [4.69, 9.17) is 4.74 Å². The Morgan fingerprint density at radius 2 is 1.94 bits per heavy atom. The maximum atomic E-state index is 14.5. The van der Waals surface area contributed by atoms with Crippen molar-refractivity contribution in [3.05, 3.63) is 45.5 Å². The number of carbonyl (C=O) groups is 2. The number of carbonyl (C=O) groups excluding carboxylic acids is 2. The van der Waals surface area contributed by atoms with E-state index in [1.807, 2.05) is 26.8 Å². The molecular weight excluding hydrogens is 443 g/mol. The number of ether oxygens (including phenoxy) is 1. The molecule has 0 aliphatic carbocycles. The van der Waals surface area contributed by atoms with Crippen molar-refractivity contribution in [2.45, 2.75) is 51.7 Å². The van der Waals surface area contributed by atoms with Gasteiger partial charge in [-0.2, -0.15) is 5.10 Å². The maximum Gasteiger partial charge on any atom is 0.410 e. The van der Waals surface area contributed by atoms with Crippen LogP contribution in [0.3, 0.4) is 0 Å². The van der Waals surface area contributed by atoms with Crippen LogP contribution in [-0.4, -0.2) is 45.4 Å². The summed E-state index contributed by atoms with van der Waals surface area (Å²) in [5.41, 5.74) is 1.34. The van der Waals surface area contributed by atoms with E-state index >= 15 is 0 Å². The molecule has 33 heavy (non-hydrogen) atoms. The lowest BCUT2D eigenvalue weighted by molar-refractivity contribution is 0.0205. The van der Waals surface area contributed by atoms with Crippen LogP contribution in [0.5, 0.6) is 0 Å². The number of thiophene rings is 1. The van der Waals surface area contributed by atoms with Crippen LogP contribution in [0.15, 0.2) is 24.4 Å². The van der Waals surface area contributed by atoms with Gasteiger partial charge in [-0.05, 0) is 63.3 Å². The molecule has 7 nitrogen and oxygen atoms in total. The van der Waals surface area contributed by atoms with Crippen molar-refractivity contribution in [1.29, 1.82) is 0 Å². The molecule has 0 atom stereocenters. The summed E-state index contributed by atoms with van der Waals surface area (Å²) >= 11 is 1.53. The number of anilines is 1. The predicted octanol–water partition coefficient (Wildman–Crippen LogP) is 5.05. The molecule has 1 fully saturated rings. The van der Waals surface area contributed by atoms with Crippen molar-refractivity contribution >= 4 is 39.9 Å². The molecular formula is C24H27FN4O3S.